The van der Waals surface area contributed by atoms with E-state index in [1.165, 1.54) is 5.56 Å². The summed E-state index contributed by atoms with van der Waals surface area (Å²) < 4.78 is 2.17. The standard InChI is InChI=1S/C16H13BrINO/c17-15-4-2-1-3-12(15)10-19-8-7-11-5-6-13(18)9-14(11)16(19)20/h1-6,9H,7-8,10H2. The number of hydrogen-bond donors (Lipinski definition) is 0. The molecule has 0 aromatic heterocycles. The number of fused-ring (bicyclic) bond motifs is 1. The zero-order valence-corrected chi connectivity index (χ0v) is 14.5. The third-order valence-corrected chi connectivity index (χ3v) is 5.00. The molecule has 0 fully saturated rings. The maximum absolute atomic E-state index is 12.6. The summed E-state index contributed by atoms with van der Waals surface area (Å²) in [6.45, 7) is 1.44. The molecule has 1 heterocycles. The first-order valence-electron chi connectivity index (χ1n) is 6.46. The molecule has 0 atom stereocenters. The van der Waals surface area contributed by atoms with Gasteiger partial charge in [0.2, 0.25) is 0 Å². The number of amides is 1. The van der Waals surface area contributed by atoms with E-state index in [-0.39, 0.29) is 5.91 Å². The predicted octanol–water partition coefficient (Wildman–Crippen LogP) is 4.25. The van der Waals surface area contributed by atoms with Crippen molar-refractivity contribution in [1.82, 2.24) is 4.90 Å². The maximum Gasteiger partial charge on any atom is 0.254 e. The normalized spacial score (nSPS) is 14.3. The molecule has 3 rings (SSSR count). The number of benzene rings is 2. The fraction of sp³-hybridized carbons (Fsp3) is 0.188. The molecule has 102 valence electrons. The Kier molecular flexibility index (Phi) is 4.12. The molecular weight excluding hydrogens is 429 g/mol. The minimum atomic E-state index is 0.139. The van der Waals surface area contributed by atoms with E-state index in [0.717, 1.165) is 32.1 Å². The van der Waals surface area contributed by atoms with Gasteiger partial charge in [0.25, 0.3) is 5.91 Å². The highest BCUT2D eigenvalue weighted by atomic mass is 127. The first-order valence-corrected chi connectivity index (χ1v) is 8.33. The second kappa shape index (κ2) is 5.85. The molecule has 2 nitrogen and oxygen atoms in total. The van der Waals surface area contributed by atoms with Crippen LogP contribution in [0.15, 0.2) is 46.9 Å². The van der Waals surface area contributed by atoms with E-state index < -0.39 is 0 Å². The molecule has 2 aromatic rings. The van der Waals surface area contributed by atoms with Crippen LogP contribution in [-0.2, 0) is 13.0 Å². The third kappa shape index (κ3) is 2.76. The summed E-state index contributed by atoms with van der Waals surface area (Å²) in [7, 11) is 0. The van der Waals surface area contributed by atoms with Crippen LogP contribution < -0.4 is 0 Å². The molecule has 1 aliphatic heterocycles. The Balaban J connectivity index is 1.87. The van der Waals surface area contributed by atoms with E-state index in [1.807, 2.05) is 29.2 Å². The van der Waals surface area contributed by atoms with Crippen LogP contribution in [0.25, 0.3) is 0 Å². The number of carbonyl (C=O) groups is 1. The number of halogens is 2. The highest BCUT2D eigenvalue weighted by Gasteiger charge is 2.24. The molecule has 4 heteroatoms. The molecule has 0 radical (unpaired) electrons. The average Bonchev–Trinajstić information content (AvgIpc) is 2.45. The first kappa shape index (κ1) is 14.1. The average molecular weight is 442 g/mol. The van der Waals surface area contributed by atoms with Gasteiger partial charge in [-0.15, -0.1) is 0 Å². The third-order valence-electron chi connectivity index (χ3n) is 3.56. The number of hydrogen-bond acceptors (Lipinski definition) is 1. The molecule has 0 spiro atoms. The van der Waals surface area contributed by atoms with Crippen molar-refractivity contribution in [2.75, 3.05) is 6.54 Å². The minimum Gasteiger partial charge on any atom is -0.334 e. The van der Waals surface area contributed by atoms with E-state index in [9.17, 15) is 4.79 Å². The summed E-state index contributed by atoms with van der Waals surface area (Å²) in [4.78, 5) is 14.5. The Labute approximate surface area is 140 Å². The predicted molar refractivity (Wildman–Crippen MR) is 91.7 cm³/mol. The first-order chi connectivity index (χ1) is 9.65. The molecule has 20 heavy (non-hydrogen) atoms. The fourth-order valence-electron chi connectivity index (χ4n) is 2.48. The molecule has 2 aromatic carbocycles. The maximum atomic E-state index is 12.6. The van der Waals surface area contributed by atoms with Gasteiger partial charge < -0.3 is 4.90 Å². The van der Waals surface area contributed by atoms with Gasteiger partial charge in [0.05, 0.1) is 0 Å². The van der Waals surface area contributed by atoms with Gasteiger partial charge >= 0.3 is 0 Å². The van der Waals surface area contributed by atoms with Crippen molar-refractivity contribution in [3.8, 4) is 0 Å². The lowest BCUT2D eigenvalue weighted by molar-refractivity contribution is 0.0726. The van der Waals surface area contributed by atoms with Crippen molar-refractivity contribution in [2.45, 2.75) is 13.0 Å². The second-order valence-electron chi connectivity index (χ2n) is 4.87. The van der Waals surface area contributed by atoms with Crippen LogP contribution in [0.5, 0.6) is 0 Å². The van der Waals surface area contributed by atoms with Gasteiger partial charge in [-0.3, -0.25) is 4.79 Å². The summed E-state index contributed by atoms with van der Waals surface area (Å²) in [5.74, 6) is 0.139. The Morgan fingerprint density at radius 2 is 2.00 bits per heavy atom. The summed E-state index contributed by atoms with van der Waals surface area (Å²) in [5, 5.41) is 0. The van der Waals surface area contributed by atoms with Crippen LogP contribution in [0.1, 0.15) is 21.5 Å². The van der Waals surface area contributed by atoms with E-state index in [1.54, 1.807) is 0 Å². The van der Waals surface area contributed by atoms with Crippen LogP contribution in [0, 0.1) is 3.57 Å². The molecule has 1 aliphatic rings. The number of rotatable bonds is 2. The largest absolute Gasteiger partial charge is 0.334 e. The van der Waals surface area contributed by atoms with Gasteiger partial charge in [-0.05, 0) is 58.3 Å². The van der Waals surface area contributed by atoms with Crippen molar-refractivity contribution < 1.29 is 4.79 Å². The molecule has 0 aliphatic carbocycles. The summed E-state index contributed by atoms with van der Waals surface area (Å²) in [6, 6.07) is 14.2. The lowest BCUT2D eigenvalue weighted by Crippen LogP contribution is -2.37. The number of nitrogens with zero attached hydrogens (tertiary/aromatic N) is 1. The van der Waals surface area contributed by atoms with Crippen LogP contribution in [0.4, 0.5) is 0 Å². The van der Waals surface area contributed by atoms with Gasteiger partial charge in [-0.2, -0.15) is 0 Å². The summed E-state index contributed by atoms with van der Waals surface area (Å²) >= 11 is 5.80. The van der Waals surface area contributed by atoms with Crippen molar-refractivity contribution >= 4 is 44.4 Å². The van der Waals surface area contributed by atoms with Crippen LogP contribution in [-0.4, -0.2) is 17.4 Å². The van der Waals surface area contributed by atoms with Gasteiger partial charge in [0.1, 0.15) is 0 Å². The van der Waals surface area contributed by atoms with E-state index in [0.29, 0.717) is 6.54 Å². The Bertz CT molecular complexity index is 671. The molecule has 0 saturated heterocycles. The molecule has 0 N–H and O–H groups in total. The van der Waals surface area contributed by atoms with Crippen molar-refractivity contribution in [2.24, 2.45) is 0 Å². The number of carbonyl (C=O) groups excluding carboxylic acids is 1. The topological polar surface area (TPSA) is 20.3 Å². The van der Waals surface area contributed by atoms with Crippen LogP contribution >= 0.6 is 38.5 Å². The summed E-state index contributed by atoms with van der Waals surface area (Å²) in [5.41, 5.74) is 3.17. The smallest absolute Gasteiger partial charge is 0.254 e. The van der Waals surface area contributed by atoms with Crippen molar-refractivity contribution in [3.63, 3.8) is 0 Å². The monoisotopic (exact) mass is 441 g/mol. The highest BCUT2D eigenvalue weighted by molar-refractivity contribution is 14.1. The molecule has 1 amide bonds. The van der Waals surface area contributed by atoms with Crippen LogP contribution in [0.2, 0.25) is 0 Å². The van der Waals surface area contributed by atoms with Crippen molar-refractivity contribution in [1.29, 1.82) is 0 Å². The Morgan fingerprint density at radius 1 is 1.20 bits per heavy atom. The van der Waals surface area contributed by atoms with Gasteiger partial charge in [-0.1, -0.05) is 40.2 Å². The Morgan fingerprint density at radius 3 is 2.80 bits per heavy atom. The molecule has 0 saturated carbocycles. The molecule has 0 bridgehead atoms. The Hall–Kier alpha value is -0.880. The minimum absolute atomic E-state index is 0.139. The van der Waals surface area contributed by atoms with E-state index >= 15 is 0 Å². The second-order valence-corrected chi connectivity index (χ2v) is 6.97. The fourth-order valence-corrected chi connectivity index (χ4v) is 3.38. The van der Waals surface area contributed by atoms with E-state index in [2.05, 4.69) is 56.7 Å². The zero-order chi connectivity index (χ0) is 14.1. The lowest BCUT2D eigenvalue weighted by atomic mass is 9.99. The van der Waals surface area contributed by atoms with Crippen molar-refractivity contribution in [3.05, 3.63) is 67.2 Å². The van der Waals surface area contributed by atoms with E-state index in [4.69, 9.17) is 0 Å². The summed E-state index contributed by atoms with van der Waals surface area (Å²) in [6.07, 6.45) is 0.933. The molecular formula is C16H13BrINO. The SMILES string of the molecule is O=C1c2cc(I)ccc2CCN1Cc1ccccc1Br. The van der Waals surface area contributed by atoms with Crippen LogP contribution in [0.3, 0.4) is 0 Å². The zero-order valence-electron chi connectivity index (χ0n) is 10.8. The quantitative estimate of drug-likeness (QED) is 0.638. The molecule has 0 unspecified atom stereocenters. The lowest BCUT2D eigenvalue weighted by Gasteiger charge is -2.29. The highest BCUT2D eigenvalue weighted by Crippen LogP contribution is 2.24. The van der Waals surface area contributed by atoms with Gasteiger partial charge in [0, 0.05) is 26.7 Å². The van der Waals surface area contributed by atoms with Gasteiger partial charge in [-0.25, -0.2) is 0 Å². The van der Waals surface area contributed by atoms with Gasteiger partial charge in [0.15, 0.2) is 0 Å².